The van der Waals surface area contributed by atoms with E-state index < -0.39 is 174 Å². The normalized spacial score (nSPS) is 53.4. The summed E-state index contributed by atoms with van der Waals surface area (Å²) in [4.78, 5) is 0. The van der Waals surface area contributed by atoms with Crippen LogP contribution in [0.2, 0.25) is 0 Å². The van der Waals surface area contributed by atoms with Gasteiger partial charge in [-0.05, 0) is 118 Å². The third kappa shape index (κ3) is 9.13. The molecule has 7 aliphatic rings. The molecular weight excluding hydrogens is 881 g/mol. The Morgan fingerprint density at radius 1 is 0.657 bits per heavy atom. The largest absolute Gasteiger partial charge is 0.394 e. The molecule has 0 bridgehead atoms. The maximum atomic E-state index is 12.7. The number of aliphatic hydroxyl groups is 13. The Morgan fingerprint density at radius 3 is 1.85 bits per heavy atom. The zero-order valence-electron chi connectivity index (χ0n) is 40.5. The first-order valence-corrected chi connectivity index (χ1v) is 24.4. The minimum Gasteiger partial charge on any atom is -0.394 e. The van der Waals surface area contributed by atoms with Crippen LogP contribution in [0, 0.1) is 45.3 Å². The highest BCUT2D eigenvalue weighted by atomic mass is 16.8. The second-order valence-corrected chi connectivity index (χ2v) is 23.5. The lowest BCUT2D eigenvalue weighted by Gasteiger charge is -2.72. The van der Waals surface area contributed by atoms with Gasteiger partial charge in [0.15, 0.2) is 18.9 Å². The Hall–Kier alpha value is -1.02. The lowest BCUT2D eigenvalue weighted by Crippen LogP contribution is -2.71. The second-order valence-electron chi connectivity index (χ2n) is 23.5. The summed E-state index contributed by atoms with van der Waals surface area (Å²) in [6.07, 6.45) is -18.8. The van der Waals surface area contributed by atoms with Crippen LogP contribution in [0.25, 0.3) is 0 Å². The van der Waals surface area contributed by atoms with Gasteiger partial charge in [0.25, 0.3) is 0 Å². The Labute approximate surface area is 393 Å². The lowest BCUT2D eigenvalue weighted by molar-refractivity contribution is -0.382. The van der Waals surface area contributed by atoms with Crippen LogP contribution in [0.3, 0.4) is 0 Å². The van der Waals surface area contributed by atoms with E-state index in [1.165, 1.54) is 6.92 Å². The SMILES string of the molecule is C[C@@H]1O[C@@H](O[C@H]2[C@H](OC3C[C@]4(C)[C@H](CC(O)[C@@H]5[C@@H]([C@](C)(C/C=C/C(C)(C)O)O[C@@H]6O[C@H](CO)[C@@H](O)[C@H](O)[C@H]6O)CC[C@]54C)[C@@]4(C)CCC(O)C(C)(C)[C@H]34)O[C@H](CO)[C@@H](O)[C@@H]2O)[C@H](O)[C@H](O)[C@H]1O. The molecular formula is C48H82O19. The minimum atomic E-state index is -1.77. The predicted molar refractivity (Wildman–Crippen MR) is 235 cm³/mol. The van der Waals surface area contributed by atoms with E-state index in [1.807, 2.05) is 20.8 Å². The van der Waals surface area contributed by atoms with Crippen molar-refractivity contribution in [2.45, 2.75) is 229 Å². The maximum absolute atomic E-state index is 12.7. The zero-order chi connectivity index (χ0) is 49.7. The van der Waals surface area contributed by atoms with E-state index in [-0.39, 0.29) is 12.3 Å². The van der Waals surface area contributed by atoms with Crippen LogP contribution in [0.5, 0.6) is 0 Å². The highest BCUT2D eigenvalue weighted by Crippen LogP contribution is 2.76. The quantitative estimate of drug-likeness (QED) is 0.0819. The summed E-state index contributed by atoms with van der Waals surface area (Å²) in [5.74, 6) is -1.39. The van der Waals surface area contributed by atoms with Gasteiger partial charge in [0.05, 0.1) is 48.8 Å². The first-order valence-electron chi connectivity index (χ1n) is 24.4. The van der Waals surface area contributed by atoms with Gasteiger partial charge in [-0.3, -0.25) is 0 Å². The molecule has 0 aromatic rings. The zero-order valence-corrected chi connectivity index (χ0v) is 40.5. The van der Waals surface area contributed by atoms with Gasteiger partial charge in [0.1, 0.15) is 67.1 Å². The van der Waals surface area contributed by atoms with E-state index in [4.69, 9.17) is 28.4 Å². The number of rotatable bonds is 12. The average Bonchev–Trinajstić information content (AvgIpc) is 3.64. The molecule has 67 heavy (non-hydrogen) atoms. The van der Waals surface area contributed by atoms with E-state index in [2.05, 4.69) is 20.8 Å². The van der Waals surface area contributed by atoms with Gasteiger partial charge in [-0.15, -0.1) is 0 Å². The first kappa shape index (κ1) is 53.8. The van der Waals surface area contributed by atoms with Crippen LogP contribution in [0.4, 0.5) is 0 Å². The topological polar surface area (TPSA) is 318 Å². The highest BCUT2D eigenvalue weighted by molar-refractivity contribution is 5.22. The summed E-state index contributed by atoms with van der Waals surface area (Å²) >= 11 is 0. The third-order valence-electron chi connectivity index (χ3n) is 18.5. The van der Waals surface area contributed by atoms with Gasteiger partial charge in [-0.1, -0.05) is 46.8 Å². The summed E-state index contributed by atoms with van der Waals surface area (Å²) in [7, 11) is 0. The van der Waals surface area contributed by atoms with Gasteiger partial charge in [0, 0.05) is 0 Å². The van der Waals surface area contributed by atoms with Crippen molar-refractivity contribution in [2.75, 3.05) is 13.2 Å². The van der Waals surface area contributed by atoms with E-state index in [1.54, 1.807) is 26.0 Å². The molecule has 0 radical (unpaired) electrons. The molecule has 19 heteroatoms. The molecule has 3 heterocycles. The van der Waals surface area contributed by atoms with Crippen LogP contribution < -0.4 is 0 Å². The number of hydrogen-bond acceptors (Lipinski definition) is 19. The predicted octanol–water partition coefficient (Wildman–Crippen LogP) is -1.06. The molecule has 388 valence electrons. The number of hydrogen-bond donors (Lipinski definition) is 13. The Balaban J connectivity index is 1.28. The monoisotopic (exact) mass is 963 g/mol. The van der Waals surface area contributed by atoms with Crippen LogP contribution in [-0.4, -0.2) is 201 Å². The van der Waals surface area contributed by atoms with Crippen molar-refractivity contribution >= 4 is 0 Å². The van der Waals surface area contributed by atoms with Crippen molar-refractivity contribution in [3.8, 4) is 0 Å². The van der Waals surface area contributed by atoms with Gasteiger partial charge in [-0.2, -0.15) is 0 Å². The second kappa shape index (κ2) is 19.1. The summed E-state index contributed by atoms with van der Waals surface area (Å²) < 4.78 is 37.9. The van der Waals surface area contributed by atoms with Crippen LogP contribution in [-0.2, 0) is 28.4 Å². The van der Waals surface area contributed by atoms with Gasteiger partial charge in [-0.25, -0.2) is 0 Å². The molecule has 3 unspecified atom stereocenters. The van der Waals surface area contributed by atoms with E-state index >= 15 is 0 Å². The lowest BCUT2D eigenvalue weighted by atomic mass is 9.34. The molecule has 4 saturated carbocycles. The van der Waals surface area contributed by atoms with Gasteiger partial charge >= 0.3 is 0 Å². The Bertz CT molecular complexity index is 1730. The molecule has 7 rings (SSSR count). The van der Waals surface area contributed by atoms with Crippen molar-refractivity contribution in [3.63, 3.8) is 0 Å². The van der Waals surface area contributed by atoms with Gasteiger partial charge in [0.2, 0.25) is 0 Å². The molecule has 7 fully saturated rings. The van der Waals surface area contributed by atoms with Crippen molar-refractivity contribution < 1.29 is 94.8 Å². The summed E-state index contributed by atoms with van der Waals surface area (Å²) in [6.45, 7) is 15.8. The fourth-order valence-corrected chi connectivity index (χ4v) is 14.8. The fraction of sp³-hybridized carbons (Fsp3) is 0.958. The molecule has 26 atom stereocenters. The van der Waals surface area contributed by atoms with E-state index in [0.717, 1.165) is 0 Å². The molecule has 0 spiro atoms. The van der Waals surface area contributed by atoms with Crippen LogP contribution >= 0.6 is 0 Å². The highest BCUT2D eigenvalue weighted by Gasteiger charge is 2.74. The van der Waals surface area contributed by atoms with E-state index in [0.29, 0.717) is 38.5 Å². The summed E-state index contributed by atoms with van der Waals surface area (Å²) in [5, 5.41) is 143. The Morgan fingerprint density at radius 2 is 1.24 bits per heavy atom. The Kier molecular flexibility index (Phi) is 15.3. The van der Waals surface area contributed by atoms with Crippen molar-refractivity contribution in [2.24, 2.45) is 45.3 Å². The number of aliphatic hydroxyl groups excluding tert-OH is 12. The fourth-order valence-electron chi connectivity index (χ4n) is 14.8. The van der Waals surface area contributed by atoms with Crippen molar-refractivity contribution in [1.82, 2.24) is 0 Å². The minimum absolute atomic E-state index is 0.128. The van der Waals surface area contributed by atoms with E-state index in [9.17, 15) is 66.4 Å². The summed E-state index contributed by atoms with van der Waals surface area (Å²) in [5.41, 5.74) is -5.06. The smallest absolute Gasteiger partial charge is 0.187 e. The molecule has 0 aromatic heterocycles. The molecule has 13 N–H and O–H groups in total. The van der Waals surface area contributed by atoms with Gasteiger partial charge < -0.3 is 94.8 Å². The summed E-state index contributed by atoms with van der Waals surface area (Å²) in [6, 6.07) is 0. The third-order valence-corrected chi connectivity index (χ3v) is 18.5. The molecule has 4 aliphatic carbocycles. The molecule has 3 aliphatic heterocycles. The standard InChI is InChI=1S/C48H82O19/c1-21-30(53)33(56)36(59)40(62-21)66-38-35(58)32(55)26(20-50)65-42(38)63-24-18-47(8)27(45(6)15-12-28(52)44(4,5)39(24)45)17-23(51)29-22(11-16-46(29,47)7)48(9,14-10-13-43(2,3)61)67-41-37(60)34(57)31(54)25(19-49)64-41/h10,13,21-42,49-61H,11-12,14-20H2,1-9H3/b13-10+/t21-,22-,23?,24?,25+,26+,27+,28?,29-,30-,31+,32+,33+,34-,35-,36+,37+,38+,39-,40-,41-,42+,45+,46+,47+,48-/m0/s1. The number of ether oxygens (including phenoxy) is 6. The average molecular weight is 963 g/mol. The van der Waals surface area contributed by atoms with Crippen LogP contribution in [0.15, 0.2) is 12.2 Å². The van der Waals surface area contributed by atoms with Crippen molar-refractivity contribution in [3.05, 3.63) is 12.2 Å². The molecule has 0 aromatic carbocycles. The van der Waals surface area contributed by atoms with Crippen LogP contribution in [0.1, 0.15) is 107 Å². The number of fused-ring (bicyclic) bond motifs is 5. The van der Waals surface area contributed by atoms with Crippen molar-refractivity contribution in [1.29, 1.82) is 0 Å². The first-order chi connectivity index (χ1) is 31.0. The molecule has 3 saturated heterocycles. The molecule has 0 amide bonds. The maximum Gasteiger partial charge on any atom is 0.187 e. The molecule has 19 nitrogen and oxygen atoms in total.